The molecule has 1 atom stereocenters. The fraction of sp³-hybridized carbons (Fsp3) is 0.364. The third-order valence-electron chi connectivity index (χ3n) is 2.27. The molecule has 2 rings (SSSR count). The molecule has 15 heavy (non-hydrogen) atoms. The van der Waals surface area contributed by atoms with E-state index in [-0.39, 0.29) is 12.0 Å². The second-order valence-electron chi connectivity index (χ2n) is 3.88. The van der Waals surface area contributed by atoms with E-state index in [1.165, 1.54) is 0 Å². The first-order valence-corrected chi connectivity index (χ1v) is 4.95. The molecule has 1 aromatic carbocycles. The van der Waals surface area contributed by atoms with Gasteiger partial charge in [-0.25, -0.2) is 0 Å². The van der Waals surface area contributed by atoms with Gasteiger partial charge in [0, 0.05) is 17.3 Å². The van der Waals surface area contributed by atoms with Crippen LogP contribution in [0.3, 0.4) is 0 Å². The summed E-state index contributed by atoms with van der Waals surface area (Å²) in [7, 11) is 0. The second-order valence-corrected chi connectivity index (χ2v) is 3.88. The molecular weight excluding hydrogens is 192 g/mol. The van der Waals surface area contributed by atoms with Crippen LogP contribution in [0.2, 0.25) is 0 Å². The smallest absolute Gasteiger partial charge is 0.245 e. The number of hydrogen-bond acceptors (Lipinski definition) is 3. The van der Waals surface area contributed by atoms with Crippen molar-refractivity contribution in [1.29, 1.82) is 0 Å². The number of benzene rings is 1. The maximum absolute atomic E-state index is 11.3. The summed E-state index contributed by atoms with van der Waals surface area (Å²) in [6, 6.07) is 4.92. The van der Waals surface area contributed by atoms with E-state index in [0.29, 0.717) is 0 Å². The van der Waals surface area contributed by atoms with Crippen LogP contribution >= 0.6 is 0 Å². The topological polar surface area (TPSA) is 64.3 Å². The van der Waals surface area contributed by atoms with E-state index in [1.54, 1.807) is 6.07 Å². The van der Waals surface area contributed by atoms with Crippen molar-refractivity contribution in [3.8, 4) is 5.75 Å². The molecule has 4 nitrogen and oxygen atoms in total. The number of nitrogens with one attached hydrogen (secondary N) is 1. The molecule has 4 heteroatoms. The largest absolute Gasteiger partial charge is 0.491 e. The van der Waals surface area contributed by atoms with E-state index >= 15 is 0 Å². The van der Waals surface area contributed by atoms with Crippen LogP contribution in [0.15, 0.2) is 18.2 Å². The zero-order valence-electron chi connectivity index (χ0n) is 8.78. The summed E-state index contributed by atoms with van der Waals surface area (Å²) >= 11 is 0. The lowest BCUT2D eigenvalue weighted by atomic mass is 10.1. The highest BCUT2D eigenvalue weighted by atomic mass is 16.5. The number of carbonyl (C=O) groups excluding carboxylic acids is 1. The van der Waals surface area contributed by atoms with Crippen LogP contribution in [0, 0.1) is 0 Å². The van der Waals surface area contributed by atoms with Crippen LogP contribution in [-0.2, 0) is 4.79 Å². The quantitative estimate of drug-likeness (QED) is 0.769. The van der Waals surface area contributed by atoms with Gasteiger partial charge in [0.15, 0.2) is 0 Å². The Kier molecular flexibility index (Phi) is 2.36. The van der Waals surface area contributed by atoms with Gasteiger partial charge in [0.2, 0.25) is 5.91 Å². The van der Waals surface area contributed by atoms with Gasteiger partial charge >= 0.3 is 0 Å². The highest BCUT2D eigenvalue weighted by molar-refractivity contribution is 6.02. The van der Waals surface area contributed by atoms with Gasteiger partial charge in [-0.15, -0.1) is 0 Å². The van der Waals surface area contributed by atoms with Crippen LogP contribution in [0.25, 0.3) is 0 Å². The average molecular weight is 206 g/mol. The van der Waals surface area contributed by atoms with E-state index in [2.05, 4.69) is 5.32 Å². The zero-order valence-corrected chi connectivity index (χ0v) is 8.78. The van der Waals surface area contributed by atoms with Crippen LogP contribution < -0.4 is 15.8 Å². The molecule has 1 aliphatic heterocycles. The minimum Gasteiger partial charge on any atom is -0.491 e. The van der Waals surface area contributed by atoms with Gasteiger partial charge in [0.25, 0.3) is 0 Å². The molecule has 1 unspecified atom stereocenters. The van der Waals surface area contributed by atoms with Crippen LogP contribution in [0.4, 0.5) is 5.69 Å². The first-order valence-electron chi connectivity index (χ1n) is 4.95. The summed E-state index contributed by atoms with van der Waals surface area (Å²) in [5, 5.41) is 2.72. The lowest BCUT2D eigenvalue weighted by molar-refractivity contribution is -0.116. The SMILES string of the molecule is CC(C)Oc1ccc2c(c1)NC(=O)C2N. The third kappa shape index (κ3) is 1.80. The van der Waals surface area contributed by atoms with Gasteiger partial charge < -0.3 is 15.8 Å². The Balaban J connectivity index is 2.29. The lowest BCUT2D eigenvalue weighted by Gasteiger charge is -2.10. The summed E-state index contributed by atoms with van der Waals surface area (Å²) < 4.78 is 5.52. The van der Waals surface area contributed by atoms with Crippen molar-refractivity contribution in [2.24, 2.45) is 5.73 Å². The summed E-state index contributed by atoms with van der Waals surface area (Å²) in [5.41, 5.74) is 7.27. The zero-order chi connectivity index (χ0) is 11.0. The molecule has 0 spiro atoms. The highest BCUT2D eigenvalue weighted by Gasteiger charge is 2.27. The van der Waals surface area contributed by atoms with E-state index in [4.69, 9.17) is 10.5 Å². The molecule has 3 N–H and O–H groups in total. The molecule has 1 heterocycles. The van der Waals surface area contributed by atoms with Crippen LogP contribution in [0.1, 0.15) is 25.5 Å². The molecule has 1 aliphatic rings. The van der Waals surface area contributed by atoms with Gasteiger partial charge in [-0.1, -0.05) is 6.07 Å². The molecule has 1 amide bonds. The molecular formula is C11H14N2O2. The molecule has 0 bridgehead atoms. The predicted molar refractivity (Wildman–Crippen MR) is 57.8 cm³/mol. The predicted octanol–water partition coefficient (Wildman–Crippen LogP) is 1.43. The number of hydrogen-bond donors (Lipinski definition) is 2. The maximum Gasteiger partial charge on any atom is 0.245 e. The molecule has 80 valence electrons. The molecule has 0 fully saturated rings. The van der Waals surface area contributed by atoms with Gasteiger partial charge in [-0.3, -0.25) is 4.79 Å². The Morgan fingerprint density at radius 1 is 1.47 bits per heavy atom. The number of nitrogens with two attached hydrogens (primary N) is 1. The lowest BCUT2D eigenvalue weighted by Crippen LogP contribution is -2.19. The Labute approximate surface area is 88.4 Å². The Bertz CT molecular complexity index is 402. The molecule has 0 saturated heterocycles. The van der Waals surface area contributed by atoms with Crippen molar-refractivity contribution >= 4 is 11.6 Å². The first kappa shape index (κ1) is 9.98. The minimum absolute atomic E-state index is 0.119. The molecule has 0 aromatic heterocycles. The van der Waals surface area contributed by atoms with E-state index in [9.17, 15) is 4.79 Å². The van der Waals surface area contributed by atoms with Gasteiger partial charge in [-0.05, 0) is 19.9 Å². The van der Waals surface area contributed by atoms with Gasteiger partial charge in [0.1, 0.15) is 11.8 Å². The maximum atomic E-state index is 11.3. The third-order valence-corrected chi connectivity index (χ3v) is 2.27. The normalized spacial score (nSPS) is 18.9. The fourth-order valence-electron chi connectivity index (χ4n) is 1.61. The van der Waals surface area contributed by atoms with Gasteiger partial charge in [-0.2, -0.15) is 0 Å². The van der Waals surface area contributed by atoms with Crippen LogP contribution in [0.5, 0.6) is 5.75 Å². The second kappa shape index (κ2) is 3.55. The van der Waals surface area contributed by atoms with Crippen molar-refractivity contribution in [3.05, 3.63) is 23.8 Å². The highest BCUT2D eigenvalue weighted by Crippen LogP contribution is 2.32. The van der Waals surface area contributed by atoms with E-state index < -0.39 is 6.04 Å². The number of fused-ring (bicyclic) bond motifs is 1. The minimum atomic E-state index is -0.548. The van der Waals surface area contributed by atoms with Crippen molar-refractivity contribution in [3.63, 3.8) is 0 Å². The Morgan fingerprint density at radius 2 is 2.20 bits per heavy atom. The van der Waals surface area contributed by atoms with Gasteiger partial charge in [0.05, 0.1) is 6.10 Å². The summed E-state index contributed by atoms with van der Waals surface area (Å²) in [6.45, 7) is 3.91. The molecule has 0 aliphatic carbocycles. The molecule has 0 radical (unpaired) electrons. The number of anilines is 1. The average Bonchev–Trinajstić information content (AvgIpc) is 2.41. The van der Waals surface area contributed by atoms with Crippen molar-refractivity contribution in [1.82, 2.24) is 0 Å². The van der Waals surface area contributed by atoms with Crippen molar-refractivity contribution < 1.29 is 9.53 Å². The fourth-order valence-corrected chi connectivity index (χ4v) is 1.61. The monoisotopic (exact) mass is 206 g/mol. The molecule has 0 saturated carbocycles. The van der Waals surface area contributed by atoms with E-state index in [0.717, 1.165) is 17.0 Å². The first-order chi connectivity index (χ1) is 7.08. The Morgan fingerprint density at radius 3 is 2.87 bits per heavy atom. The van der Waals surface area contributed by atoms with Crippen LogP contribution in [-0.4, -0.2) is 12.0 Å². The summed E-state index contributed by atoms with van der Waals surface area (Å²) in [4.78, 5) is 11.3. The van der Waals surface area contributed by atoms with E-state index in [1.807, 2.05) is 26.0 Å². The van der Waals surface area contributed by atoms with Crippen molar-refractivity contribution in [2.45, 2.75) is 26.0 Å². The number of carbonyl (C=O) groups is 1. The number of ether oxygens (including phenoxy) is 1. The van der Waals surface area contributed by atoms with Crippen molar-refractivity contribution in [2.75, 3.05) is 5.32 Å². The molecule has 1 aromatic rings. The Hall–Kier alpha value is -1.55. The standard InChI is InChI=1S/C11H14N2O2/c1-6(2)15-7-3-4-8-9(5-7)13-11(14)10(8)12/h3-6,10H,12H2,1-2H3,(H,13,14). The summed E-state index contributed by atoms with van der Waals surface area (Å²) in [5.74, 6) is 0.588. The number of rotatable bonds is 2. The number of amides is 1. The summed E-state index contributed by atoms with van der Waals surface area (Å²) in [6.07, 6.45) is 0.119.